The fourth-order valence-electron chi connectivity index (χ4n) is 3.32. The fourth-order valence-corrected chi connectivity index (χ4v) is 4.15. The van der Waals surface area contributed by atoms with Crippen LogP contribution in [-0.2, 0) is 11.3 Å². The van der Waals surface area contributed by atoms with E-state index in [1.54, 1.807) is 17.6 Å². The van der Waals surface area contributed by atoms with Crippen LogP contribution in [-0.4, -0.2) is 53.4 Å². The maximum absolute atomic E-state index is 12.3. The minimum absolute atomic E-state index is 0.0470. The third-order valence-corrected chi connectivity index (χ3v) is 5.77. The highest BCUT2D eigenvalue weighted by Crippen LogP contribution is 2.23. The highest BCUT2D eigenvalue weighted by atomic mass is 32.1. The van der Waals surface area contributed by atoms with E-state index in [0.29, 0.717) is 6.54 Å². The molecule has 4 rings (SSSR count). The molecule has 146 valence electrons. The first-order valence-corrected chi connectivity index (χ1v) is 10.3. The Morgan fingerprint density at radius 3 is 2.68 bits per heavy atom. The number of thiazole rings is 1. The van der Waals surface area contributed by atoms with Crippen LogP contribution < -0.4 is 5.32 Å². The van der Waals surface area contributed by atoms with Crippen molar-refractivity contribution in [3.8, 4) is 11.5 Å². The smallest absolute Gasteiger partial charge is 0.238 e. The van der Waals surface area contributed by atoms with Gasteiger partial charge in [-0.15, -0.1) is 11.3 Å². The molecule has 0 atom stereocenters. The lowest BCUT2D eigenvalue weighted by Crippen LogP contribution is -2.48. The average Bonchev–Trinajstić information content (AvgIpc) is 3.37. The quantitative estimate of drug-likeness (QED) is 0.691. The van der Waals surface area contributed by atoms with Crippen LogP contribution in [0.5, 0.6) is 0 Å². The Kier molecular flexibility index (Phi) is 5.85. The Morgan fingerprint density at radius 2 is 1.93 bits per heavy atom. The topological polar surface area (TPSA) is 61.6 Å². The number of para-hydroxylation sites is 1. The van der Waals surface area contributed by atoms with E-state index in [1.807, 2.05) is 48.7 Å². The highest BCUT2D eigenvalue weighted by Gasteiger charge is 2.20. The number of piperazine rings is 1. The molecule has 0 radical (unpaired) electrons. The van der Waals surface area contributed by atoms with Crippen molar-refractivity contribution in [2.24, 2.45) is 0 Å². The van der Waals surface area contributed by atoms with Gasteiger partial charge in [0.2, 0.25) is 5.91 Å². The number of benzene rings is 1. The summed E-state index contributed by atoms with van der Waals surface area (Å²) in [7, 11) is 0. The van der Waals surface area contributed by atoms with Gasteiger partial charge in [-0.05, 0) is 30.7 Å². The normalized spacial score (nSPS) is 15.6. The van der Waals surface area contributed by atoms with E-state index in [-0.39, 0.29) is 5.91 Å². The van der Waals surface area contributed by atoms with Crippen LogP contribution in [0, 0.1) is 6.92 Å². The zero-order chi connectivity index (χ0) is 19.3. The maximum atomic E-state index is 12.3. The van der Waals surface area contributed by atoms with Crippen LogP contribution in [0.3, 0.4) is 0 Å². The molecular formula is C21H24N4O2S. The van der Waals surface area contributed by atoms with E-state index in [4.69, 9.17) is 4.42 Å². The van der Waals surface area contributed by atoms with Gasteiger partial charge in [-0.25, -0.2) is 4.98 Å². The van der Waals surface area contributed by atoms with Gasteiger partial charge in [0.1, 0.15) is 10.7 Å². The van der Waals surface area contributed by atoms with Crippen LogP contribution in [0.1, 0.15) is 10.6 Å². The molecule has 3 heterocycles. The molecule has 3 aromatic rings. The minimum Gasteiger partial charge on any atom is -0.463 e. The molecule has 0 unspecified atom stereocenters. The molecule has 1 fully saturated rings. The molecule has 1 saturated heterocycles. The highest BCUT2D eigenvalue weighted by molar-refractivity contribution is 7.09. The number of furan rings is 1. The molecule has 0 saturated carbocycles. The Labute approximate surface area is 168 Å². The first kappa shape index (κ1) is 18.9. The summed E-state index contributed by atoms with van der Waals surface area (Å²) in [5, 5.41) is 6.15. The molecule has 1 N–H and O–H groups in total. The van der Waals surface area contributed by atoms with Crippen LogP contribution in [0.2, 0.25) is 0 Å². The fraction of sp³-hybridized carbons (Fsp3) is 0.333. The number of hydrogen-bond donors (Lipinski definition) is 1. The summed E-state index contributed by atoms with van der Waals surface area (Å²) in [4.78, 5) is 21.6. The summed E-state index contributed by atoms with van der Waals surface area (Å²) in [6.07, 6.45) is 1.67. The first-order valence-electron chi connectivity index (χ1n) is 9.46. The SMILES string of the molecule is Cc1ccccc1NC(=O)CN1CCN(Cc2nc(-c3ccco3)cs2)CC1. The number of nitrogens with one attached hydrogen (secondary N) is 1. The Morgan fingerprint density at radius 1 is 1.14 bits per heavy atom. The van der Waals surface area contributed by atoms with E-state index in [9.17, 15) is 4.79 Å². The van der Waals surface area contributed by atoms with Gasteiger partial charge in [0.15, 0.2) is 5.76 Å². The molecule has 2 aromatic heterocycles. The van der Waals surface area contributed by atoms with E-state index >= 15 is 0 Å². The monoisotopic (exact) mass is 396 g/mol. The largest absolute Gasteiger partial charge is 0.463 e. The van der Waals surface area contributed by atoms with Crippen LogP contribution in [0.25, 0.3) is 11.5 Å². The number of anilines is 1. The van der Waals surface area contributed by atoms with Crippen molar-refractivity contribution in [2.75, 3.05) is 38.0 Å². The predicted molar refractivity (Wildman–Crippen MR) is 111 cm³/mol. The van der Waals surface area contributed by atoms with Gasteiger partial charge in [-0.3, -0.25) is 14.6 Å². The predicted octanol–water partition coefficient (Wildman–Crippen LogP) is 3.47. The zero-order valence-corrected chi connectivity index (χ0v) is 16.7. The van der Waals surface area contributed by atoms with Gasteiger partial charge in [-0.1, -0.05) is 18.2 Å². The number of aryl methyl sites for hydroxylation is 1. The average molecular weight is 397 g/mol. The van der Waals surface area contributed by atoms with Gasteiger partial charge in [0.05, 0.1) is 19.4 Å². The van der Waals surface area contributed by atoms with E-state index < -0.39 is 0 Å². The summed E-state index contributed by atoms with van der Waals surface area (Å²) >= 11 is 1.66. The molecule has 28 heavy (non-hydrogen) atoms. The van der Waals surface area contributed by atoms with Crippen LogP contribution in [0.15, 0.2) is 52.5 Å². The number of rotatable bonds is 6. The third-order valence-electron chi connectivity index (χ3n) is 4.94. The molecule has 1 aliphatic heterocycles. The standard InChI is InChI=1S/C21H24N4O2S/c1-16-5-2-3-6-17(16)22-20(26)13-24-8-10-25(11-9-24)14-21-23-18(15-28-21)19-7-4-12-27-19/h2-7,12,15H,8-11,13-14H2,1H3,(H,22,26). The molecular weight excluding hydrogens is 372 g/mol. The van der Waals surface area contributed by atoms with Crippen molar-refractivity contribution in [2.45, 2.75) is 13.5 Å². The second kappa shape index (κ2) is 8.68. The molecule has 0 aliphatic carbocycles. The Hall–Kier alpha value is -2.48. The first-order chi connectivity index (χ1) is 13.7. The van der Waals surface area contributed by atoms with Gasteiger partial charge >= 0.3 is 0 Å². The van der Waals surface area contributed by atoms with E-state index in [2.05, 4.69) is 20.1 Å². The van der Waals surface area contributed by atoms with Gasteiger partial charge < -0.3 is 9.73 Å². The summed E-state index contributed by atoms with van der Waals surface area (Å²) in [5.41, 5.74) is 2.87. The Balaban J connectivity index is 1.23. The van der Waals surface area contributed by atoms with Crippen molar-refractivity contribution in [1.29, 1.82) is 0 Å². The summed E-state index contributed by atoms with van der Waals surface area (Å²) in [5.74, 6) is 0.859. The lowest BCUT2D eigenvalue weighted by atomic mass is 10.2. The number of amides is 1. The number of carbonyl (C=O) groups excluding carboxylic acids is 1. The number of aromatic nitrogens is 1. The van der Waals surface area contributed by atoms with Crippen molar-refractivity contribution >= 4 is 22.9 Å². The molecule has 1 amide bonds. The van der Waals surface area contributed by atoms with Crippen molar-refractivity contribution in [3.63, 3.8) is 0 Å². The third kappa shape index (κ3) is 4.67. The summed E-state index contributed by atoms with van der Waals surface area (Å²) in [6, 6.07) is 11.7. The number of carbonyl (C=O) groups is 1. The van der Waals surface area contributed by atoms with Crippen molar-refractivity contribution in [1.82, 2.24) is 14.8 Å². The van der Waals surface area contributed by atoms with Gasteiger partial charge in [-0.2, -0.15) is 0 Å². The molecule has 6 nitrogen and oxygen atoms in total. The zero-order valence-electron chi connectivity index (χ0n) is 15.9. The van der Waals surface area contributed by atoms with E-state index in [1.165, 1.54) is 0 Å². The van der Waals surface area contributed by atoms with Crippen LogP contribution in [0.4, 0.5) is 5.69 Å². The van der Waals surface area contributed by atoms with Crippen molar-refractivity contribution < 1.29 is 9.21 Å². The lowest BCUT2D eigenvalue weighted by Gasteiger charge is -2.33. The number of hydrogen-bond acceptors (Lipinski definition) is 6. The second-order valence-corrected chi connectivity index (χ2v) is 7.96. The molecule has 7 heteroatoms. The van der Waals surface area contributed by atoms with E-state index in [0.717, 1.165) is 60.4 Å². The molecule has 1 aromatic carbocycles. The molecule has 0 bridgehead atoms. The molecule has 0 spiro atoms. The summed E-state index contributed by atoms with van der Waals surface area (Å²) in [6.45, 7) is 6.93. The van der Waals surface area contributed by atoms with Crippen LogP contribution >= 0.6 is 11.3 Å². The van der Waals surface area contributed by atoms with Gasteiger partial charge in [0.25, 0.3) is 0 Å². The second-order valence-electron chi connectivity index (χ2n) is 7.02. The number of nitrogens with zero attached hydrogens (tertiary/aromatic N) is 3. The Bertz CT molecular complexity index is 914. The lowest BCUT2D eigenvalue weighted by molar-refractivity contribution is -0.117. The van der Waals surface area contributed by atoms with Crippen molar-refractivity contribution in [3.05, 3.63) is 58.6 Å². The maximum Gasteiger partial charge on any atom is 0.238 e. The minimum atomic E-state index is 0.0470. The van der Waals surface area contributed by atoms with Gasteiger partial charge in [0, 0.05) is 37.2 Å². The summed E-state index contributed by atoms with van der Waals surface area (Å²) < 4.78 is 5.41. The molecule has 1 aliphatic rings.